The van der Waals surface area contributed by atoms with Crippen molar-refractivity contribution in [2.24, 2.45) is 5.92 Å². The summed E-state index contributed by atoms with van der Waals surface area (Å²) in [6.45, 7) is 2.57. The highest BCUT2D eigenvalue weighted by Gasteiger charge is 2.46. The van der Waals surface area contributed by atoms with Crippen molar-refractivity contribution in [1.82, 2.24) is 4.90 Å². The highest BCUT2D eigenvalue weighted by Crippen LogP contribution is 2.51. The lowest BCUT2D eigenvalue weighted by Crippen LogP contribution is -2.52. The molecule has 27 heavy (non-hydrogen) atoms. The lowest BCUT2D eigenvalue weighted by Gasteiger charge is -2.51. The molecule has 0 N–H and O–H groups in total. The van der Waals surface area contributed by atoms with Crippen LogP contribution in [0.3, 0.4) is 0 Å². The second-order valence-corrected chi connectivity index (χ2v) is 9.02. The van der Waals surface area contributed by atoms with Crippen LogP contribution in [-0.2, 0) is 5.41 Å². The number of rotatable bonds is 5. The zero-order chi connectivity index (χ0) is 18.3. The van der Waals surface area contributed by atoms with Gasteiger partial charge in [-0.15, -0.1) is 0 Å². The average Bonchev–Trinajstić information content (AvgIpc) is 3.50. The van der Waals surface area contributed by atoms with E-state index in [2.05, 4.69) is 59.5 Å². The van der Waals surface area contributed by atoms with Crippen LogP contribution in [0.4, 0.5) is 0 Å². The van der Waals surface area contributed by atoms with Crippen LogP contribution in [0.2, 0.25) is 0 Å². The minimum absolute atomic E-state index is 0.385. The first-order valence-corrected chi connectivity index (χ1v) is 10.7. The Morgan fingerprint density at radius 1 is 1.07 bits per heavy atom. The normalized spacial score (nSPS) is 32.9. The fraction of sp³-hybridized carbons (Fsp3) is 0.520. The molecule has 0 aromatic heterocycles. The largest absolute Gasteiger partial charge is 0.497 e. The van der Waals surface area contributed by atoms with Crippen molar-refractivity contribution in [3.63, 3.8) is 0 Å². The van der Waals surface area contributed by atoms with Crippen LogP contribution in [0.15, 0.2) is 54.6 Å². The van der Waals surface area contributed by atoms with E-state index in [0.29, 0.717) is 5.41 Å². The topological polar surface area (TPSA) is 12.5 Å². The summed E-state index contributed by atoms with van der Waals surface area (Å²) in [5.74, 6) is 2.69. The fourth-order valence-corrected chi connectivity index (χ4v) is 5.87. The highest BCUT2D eigenvalue weighted by molar-refractivity contribution is 5.35. The summed E-state index contributed by atoms with van der Waals surface area (Å²) in [4.78, 5) is 2.84. The van der Waals surface area contributed by atoms with Gasteiger partial charge in [-0.05, 0) is 79.2 Å². The second-order valence-electron chi connectivity index (χ2n) is 9.02. The Morgan fingerprint density at radius 3 is 2.81 bits per heavy atom. The number of hydrogen-bond donors (Lipinski definition) is 0. The SMILES string of the molecule is COc1cccc([C@@]23CCC[C@@H](C2)N(C[C@@H]2C[C@@H]2c2ccccc2)CC3)c1. The van der Waals surface area contributed by atoms with E-state index in [1.807, 2.05) is 0 Å². The summed E-state index contributed by atoms with van der Waals surface area (Å²) in [6.07, 6.45) is 8.12. The van der Waals surface area contributed by atoms with Gasteiger partial charge in [0.1, 0.15) is 5.75 Å². The molecular formula is C25H31NO. The molecule has 142 valence electrons. The molecule has 3 fully saturated rings. The molecule has 0 radical (unpaired) electrons. The number of benzene rings is 2. The maximum Gasteiger partial charge on any atom is 0.119 e. The van der Waals surface area contributed by atoms with Crippen molar-refractivity contribution < 1.29 is 4.74 Å². The molecule has 4 atom stereocenters. The molecule has 1 heterocycles. The van der Waals surface area contributed by atoms with E-state index in [9.17, 15) is 0 Å². The number of fused-ring (bicyclic) bond motifs is 2. The lowest BCUT2D eigenvalue weighted by atomic mass is 9.63. The van der Waals surface area contributed by atoms with E-state index in [1.54, 1.807) is 12.7 Å². The monoisotopic (exact) mass is 361 g/mol. The van der Waals surface area contributed by atoms with E-state index >= 15 is 0 Å². The summed E-state index contributed by atoms with van der Waals surface area (Å²) in [5, 5.41) is 0. The van der Waals surface area contributed by atoms with E-state index in [4.69, 9.17) is 4.74 Å². The Morgan fingerprint density at radius 2 is 1.96 bits per heavy atom. The summed E-state index contributed by atoms with van der Waals surface area (Å²) in [6, 6.07) is 20.8. The zero-order valence-electron chi connectivity index (χ0n) is 16.4. The van der Waals surface area contributed by atoms with Gasteiger partial charge >= 0.3 is 0 Å². The van der Waals surface area contributed by atoms with Crippen LogP contribution in [0, 0.1) is 5.92 Å². The van der Waals surface area contributed by atoms with Gasteiger partial charge in [-0.2, -0.15) is 0 Å². The van der Waals surface area contributed by atoms with Crippen molar-refractivity contribution in [1.29, 1.82) is 0 Å². The molecule has 0 unspecified atom stereocenters. The van der Waals surface area contributed by atoms with E-state index < -0.39 is 0 Å². The first kappa shape index (κ1) is 17.3. The van der Waals surface area contributed by atoms with Gasteiger partial charge in [0.2, 0.25) is 0 Å². The molecule has 2 nitrogen and oxygen atoms in total. The molecule has 1 aliphatic heterocycles. The van der Waals surface area contributed by atoms with Gasteiger partial charge in [0.05, 0.1) is 7.11 Å². The van der Waals surface area contributed by atoms with Crippen LogP contribution in [0.25, 0.3) is 0 Å². The third kappa shape index (κ3) is 3.29. The number of piperidine rings is 1. The van der Waals surface area contributed by atoms with E-state index in [0.717, 1.165) is 23.6 Å². The average molecular weight is 362 g/mol. The Labute approximate surface area is 163 Å². The molecule has 2 saturated carbocycles. The quantitative estimate of drug-likeness (QED) is 0.708. The molecule has 2 heteroatoms. The molecule has 3 aliphatic rings. The molecule has 2 bridgehead atoms. The molecule has 2 aliphatic carbocycles. The summed E-state index contributed by atoms with van der Waals surface area (Å²) in [5.41, 5.74) is 3.45. The Kier molecular flexibility index (Phi) is 4.47. The number of hydrogen-bond acceptors (Lipinski definition) is 2. The van der Waals surface area contributed by atoms with Gasteiger partial charge in [0, 0.05) is 12.6 Å². The van der Waals surface area contributed by atoms with Gasteiger partial charge < -0.3 is 9.64 Å². The minimum atomic E-state index is 0.385. The maximum atomic E-state index is 5.51. The molecular weight excluding hydrogens is 330 g/mol. The molecule has 2 aromatic carbocycles. The number of ether oxygens (including phenoxy) is 1. The zero-order valence-corrected chi connectivity index (χ0v) is 16.4. The van der Waals surface area contributed by atoms with Crippen LogP contribution in [0.1, 0.15) is 55.6 Å². The van der Waals surface area contributed by atoms with Crippen molar-refractivity contribution in [3.8, 4) is 5.75 Å². The standard InChI is InChI=1S/C25H31NO/c1-27-23-11-5-9-21(16-23)25-12-6-10-22(17-25)26(14-13-25)18-20-15-24(20)19-7-3-2-4-8-19/h2-5,7-9,11,16,20,22,24H,6,10,12-15,17-18H2,1H3/t20-,22-,24+,25+/m0/s1. The van der Waals surface area contributed by atoms with Gasteiger partial charge in [-0.25, -0.2) is 0 Å². The van der Waals surface area contributed by atoms with Crippen LogP contribution < -0.4 is 4.74 Å². The van der Waals surface area contributed by atoms with Crippen molar-refractivity contribution in [3.05, 3.63) is 65.7 Å². The van der Waals surface area contributed by atoms with Gasteiger partial charge in [0.25, 0.3) is 0 Å². The third-order valence-corrected chi connectivity index (χ3v) is 7.51. The Hall–Kier alpha value is -1.80. The predicted molar refractivity (Wildman–Crippen MR) is 110 cm³/mol. The molecule has 1 saturated heterocycles. The van der Waals surface area contributed by atoms with Gasteiger partial charge in [-0.3, -0.25) is 0 Å². The van der Waals surface area contributed by atoms with E-state index in [-0.39, 0.29) is 0 Å². The third-order valence-electron chi connectivity index (χ3n) is 7.51. The summed E-state index contributed by atoms with van der Waals surface area (Å²) < 4.78 is 5.51. The van der Waals surface area contributed by atoms with Gasteiger partial charge in [-0.1, -0.05) is 48.9 Å². The molecule has 2 aromatic rings. The van der Waals surface area contributed by atoms with Crippen molar-refractivity contribution >= 4 is 0 Å². The highest BCUT2D eigenvalue weighted by atomic mass is 16.5. The summed E-state index contributed by atoms with van der Waals surface area (Å²) in [7, 11) is 1.78. The smallest absolute Gasteiger partial charge is 0.119 e. The van der Waals surface area contributed by atoms with E-state index in [1.165, 1.54) is 57.2 Å². The Balaban J connectivity index is 1.27. The van der Waals surface area contributed by atoms with Gasteiger partial charge in [0.15, 0.2) is 0 Å². The fourth-order valence-electron chi connectivity index (χ4n) is 5.87. The molecule has 5 rings (SSSR count). The first-order valence-electron chi connectivity index (χ1n) is 10.7. The molecule has 0 amide bonds. The number of nitrogens with zero attached hydrogens (tertiary/aromatic N) is 1. The number of likely N-dealkylation sites (tertiary alicyclic amines) is 1. The van der Waals surface area contributed by atoms with Crippen molar-refractivity contribution in [2.45, 2.75) is 55.9 Å². The second kappa shape index (κ2) is 6.98. The first-order chi connectivity index (χ1) is 13.3. The molecule has 0 spiro atoms. The van der Waals surface area contributed by atoms with Crippen molar-refractivity contribution in [2.75, 3.05) is 20.2 Å². The summed E-state index contributed by atoms with van der Waals surface area (Å²) >= 11 is 0. The minimum Gasteiger partial charge on any atom is -0.497 e. The Bertz CT molecular complexity index is 788. The lowest BCUT2D eigenvalue weighted by molar-refractivity contribution is 0.0478. The van der Waals surface area contributed by atoms with Crippen LogP contribution in [0.5, 0.6) is 5.75 Å². The number of methoxy groups -OCH3 is 1. The predicted octanol–water partition coefficient (Wildman–Crippen LogP) is 5.39. The van der Waals surface area contributed by atoms with Crippen LogP contribution in [-0.4, -0.2) is 31.1 Å². The van der Waals surface area contributed by atoms with Crippen LogP contribution >= 0.6 is 0 Å². The maximum absolute atomic E-state index is 5.51.